The SMILES string of the molecule is Cc1noc2nc(-c3cccc(C(F)(F)F)c3)cc(C(=O)N3CCC(S(N)(=O)=O)C3)c12. The van der Waals surface area contributed by atoms with Crippen LogP contribution in [0.25, 0.3) is 22.4 Å². The Hall–Kier alpha value is -2.99. The molecule has 2 aromatic heterocycles. The van der Waals surface area contributed by atoms with Crippen molar-refractivity contribution in [3.8, 4) is 11.3 Å². The van der Waals surface area contributed by atoms with Gasteiger partial charge in [-0.2, -0.15) is 13.2 Å². The van der Waals surface area contributed by atoms with Crippen molar-refractivity contribution >= 4 is 27.0 Å². The van der Waals surface area contributed by atoms with E-state index in [0.29, 0.717) is 11.1 Å². The van der Waals surface area contributed by atoms with Crippen LogP contribution in [0.4, 0.5) is 13.2 Å². The third-order valence-electron chi connectivity index (χ3n) is 5.23. The number of benzene rings is 1. The maximum absolute atomic E-state index is 13.2. The van der Waals surface area contributed by atoms with Gasteiger partial charge in [-0.05, 0) is 31.5 Å². The molecule has 3 heterocycles. The number of rotatable bonds is 3. The summed E-state index contributed by atoms with van der Waals surface area (Å²) in [6.45, 7) is 1.70. The largest absolute Gasteiger partial charge is 0.416 e. The van der Waals surface area contributed by atoms with Crippen LogP contribution in [0.1, 0.15) is 28.0 Å². The first-order valence-corrected chi connectivity index (χ1v) is 10.8. The maximum atomic E-state index is 13.2. The molecule has 3 aromatic rings. The van der Waals surface area contributed by atoms with Crippen molar-refractivity contribution in [2.45, 2.75) is 24.8 Å². The van der Waals surface area contributed by atoms with Gasteiger partial charge in [-0.1, -0.05) is 17.3 Å². The quantitative estimate of drug-likeness (QED) is 0.650. The predicted molar refractivity (Wildman–Crippen MR) is 104 cm³/mol. The Balaban J connectivity index is 1.79. The average Bonchev–Trinajstić information content (AvgIpc) is 3.34. The number of aromatic nitrogens is 2. The monoisotopic (exact) mass is 454 g/mol. The molecule has 1 aliphatic heterocycles. The molecule has 4 rings (SSSR count). The van der Waals surface area contributed by atoms with Gasteiger partial charge in [-0.3, -0.25) is 4.79 Å². The number of carbonyl (C=O) groups is 1. The Morgan fingerprint density at radius 2 is 2.03 bits per heavy atom. The summed E-state index contributed by atoms with van der Waals surface area (Å²) in [7, 11) is -3.80. The summed E-state index contributed by atoms with van der Waals surface area (Å²) in [5.74, 6) is -0.502. The van der Waals surface area contributed by atoms with E-state index >= 15 is 0 Å². The predicted octanol–water partition coefficient (Wildman–Crippen LogP) is 2.72. The molecule has 0 aliphatic carbocycles. The highest BCUT2D eigenvalue weighted by molar-refractivity contribution is 7.89. The van der Waals surface area contributed by atoms with E-state index in [0.717, 1.165) is 12.1 Å². The topological polar surface area (TPSA) is 119 Å². The number of hydrogen-bond donors (Lipinski definition) is 1. The fourth-order valence-corrected chi connectivity index (χ4v) is 4.44. The molecule has 1 unspecified atom stereocenters. The van der Waals surface area contributed by atoms with Crippen LogP contribution in [-0.2, 0) is 16.2 Å². The second-order valence-corrected chi connectivity index (χ2v) is 9.18. The Labute approximate surface area is 174 Å². The van der Waals surface area contributed by atoms with Gasteiger partial charge in [0.2, 0.25) is 10.0 Å². The van der Waals surface area contributed by atoms with Gasteiger partial charge in [0.15, 0.2) is 0 Å². The summed E-state index contributed by atoms with van der Waals surface area (Å²) in [6, 6.07) is 5.92. The third-order valence-corrected chi connectivity index (χ3v) is 6.54. The lowest BCUT2D eigenvalue weighted by Crippen LogP contribution is -2.34. The minimum absolute atomic E-state index is 0.00189. The summed E-state index contributed by atoms with van der Waals surface area (Å²) in [5.41, 5.74) is -0.124. The fraction of sp³-hybridized carbons (Fsp3) is 0.316. The molecule has 1 aliphatic rings. The summed E-state index contributed by atoms with van der Waals surface area (Å²) < 4.78 is 67.8. The second kappa shape index (κ2) is 7.31. The number of pyridine rings is 1. The number of hydrogen-bond acceptors (Lipinski definition) is 6. The summed E-state index contributed by atoms with van der Waals surface area (Å²) >= 11 is 0. The molecule has 1 atom stereocenters. The number of nitrogens with two attached hydrogens (primary N) is 1. The van der Waals surface area contributed by atoms with Crippen LogP contribution in [0.5, 0.6) is 0 Å². The van der Waals surface area contributed by atoms with Crippen molar-refractivity contribution < 1.29 is 30.9 Å². The average molecular weight is 454 g/mol. The van der Waals surface area contributed by atoms with E-state index in [1.54, 1.807) is 6.92 Å². The van der Waals surface area contributed by atoms with Crippen LogP contribution in [0.15, 0.2) is 34.9 Å². The van der Waals surface area contributed by atoms with Gasteiger partial charge in [0, 0.05) is 18.7 Å². The van der Waals surface area contributed by atoms with Crippen LogP contribution < -0.4 is 5.14 Å². The number of carbonyl (C=O) groups excluding carboxylic acids is 1. The van der Waals surface area contributed by atoms with Crippen LogP contribution in [0.3, 0.4) is 0 Å². The van der Waals surface area contributed by atoms with Crippen molar-refractivity contribution in [2.24, 2.45) is 5.14 Å². The minimum Gasteiger partial charge on any atom is -0.337 e. The van der Waals surface area contributed by atoms with Crippen LogP contribution in [0.2, 0.25) is 0 Å². The van der Waals surface area contributed by atoms with Crippen LogP contribution in [0, 0.1) is 6.92 Å². The highest BCUT2D eigenvalue weighted by atomic mass is 32.2. The molecule has 0 radical (unpaired) electrons. The van der Waals surface area contributed by atoms with E-state index in [1.165, 1.54) is 23.1 Å². The van der Waals surface area contributed by atoms with E-state index in [2.05, 4.69) is 10.1 Å². The molecule has 31 heavy (non-hydrogen) atoms. The molecule has 1 amide bonds. The first-order chi connectivity index (χ1) is 14.4. The van der Waals surface area contributed by atoms with Crippen molar-refractivity contribution in [3.63, 3.8) is 0 Å². The fourth-order valence-electron chi connectivity index (χ4n) is 3.62. The number of primary sulfonamides is 1. The maximum Gasteiger partial charge on any atom is 0.416 e. The highest BCUT2D eigenvalue weighted by Gasteiger charge is 2.35. The molecule has 1 aromatic carbocycles. The first kappa shape index (κ1) is 21.2. The zero-order chi connectivity index (χ0) is 22.6. The molecule has 164 valence electrons. The summed E-state index contributed by atoms with van der Waals surface area (Å²) in [6.07, 6.45) is -4.35. The van der Waals surface area contributed by atoms with Gasteiger partial charge in [-0.25, -0.2) is 18.5 Å². The van der Waals surface area contributed by atoms with Crippen molar-refractivity contribution in [2.75, 3.05) is 13.1 Å². The molecule has 2 N–H and O–H groups in total. The van der Waals surface area contributed by atoms with Crippen molar-refractivity contribution in [1.29, 1.82) is 0 Å². The van der Waals surface area contributed by atoms with E-state index in [-0.39, 0.29) is 42.0 Å². The molecule has 1 fully saturated rings. The highest BCUT2D eigenvalue weighted by Crippen LogP contribution is 2.34. The molecule has 1 saturated heterocycles. The molecule has 0 spiro atoms. The Bertz CT molecular complexity index is 1290. The second-order valence-electron chi connectivity index (χ2n) is 7.33. The lowest BCUT2D eigenvalue weighted by molar-refractivity contribution is -0.137. The molecule has 12 heteroatoms. The zero-order valence-electron chi connectivity index (χ0n) is 16.2. The Morgan fingerprint density at radius 1 is 1.29 bits per heavy atom. The van der Waals surface area contributed by atoms with Gasteiger partial charge in [0.05, 0.1) is 33.2 Å². The van der Waals surface area contributed by atoms with Gasteiger partial charge in [0.1, 0.15) is 0 Å². The number of aryl methyl sites for hydroxylation is 1. The molecular formula is C19H17F3N4O4S. The van der Waals surface area contributed by atoms with Gasteiger partial charge < -0.3 is 9.42 Å². The number of fused-ring (bicyclic) bond motifs is 1. The van der Waals surface area contributed by atoms with Gasteiger partial charge >= 0.3 is 6.18 Å². The number of alkyl halides is 3. The van der Waals surface area contributed by atoms with E-state index < -0.39 is 32.9 Å². The molecule has 0 bridgehead atoms. The van der Waals surface area contributed by atoms with Crippen LogP contribution >= 0.6 is 0 Å². The van der Waals surface area contributed by atoms with E-state index in [9.17, 15) is 26.4 Å². The van der Waals surface area contributed by atoms with E-state index in [1.807, 2.05) is 0 Å². The van der Waals surface area contributed by atoms with Crippen molar-refractivity contribution in [1.82, 2.24) is 15.0 Å². The molecule has 8 nitrogen and oxygen atoms in total. The number of sulfonamides is 1. The molecule has 0 saturated carbocycles. The Kier molecular flexibility index (Phi) is 5.01. The van der Waals surface area contributed by atoms with Crippen molar-refractivity contribution in [3.05, 3.63) is 47.2 Å². The minimum atomic E-state index is -4.54. The third kappa shape index (κ3) is 4.00. The summed E-state index contributed by atoms with van der Waals surface area (Å²) in [5, 5.41) is 8.45. The van der Waals surface area contributed by atoms with E-state index in [4.69, 9.17) is 9.66 Å². The lowest BCUT2D eigenvalue weighted by atomic mass is 10.0. The summed E-state index contributed by atoms with van der Waals surface area (Å²) in [4.78, 5) is 18.8. The zero-order valence-corrected chi connectivity index (χ0v) is 17.0. The smallest absolute Gasteiger partial charge is 0.337 e. The van der Waals surface area contributed by atoms with Crippen LogP contribution in [-0.4, -0.2) is 47.7 Å². The first-order valence-electron chi connectivity index (χ1n) is 9.20. The number of nitrogens with zero attached hydrogens (tertiary/aromatic N) is 3. The van der Waals surface area contributed by atoms with Gasteiger partial charge in [-0.15, -0.1) is 0 Å². The van der Waals surface area contributed by atoms with Gasteiger partial charge in [0.25, 0.3) is 11.6 Å². The number of amides is 1. The number of likely N-dealkylation sites (tertiary alicyclic amines) is 1. The number of halogens is 3. The standard InChI is InChI=1S/C19H17F3N4O4S/c1-10-16-14(18(27)26-6-5-13(9-26)31(23,28)29)8-15(24-17(16)30-25-10)11-3-2-4-12(7-11)19(20,21)22/h2-4,7-8,13H,5-6,9H2,1H3,(H2,23,28,29). The molecular weight excluding hydrogens is 437 g/mol. The lowest BCUT2D eigenvalue weighted by Gasteiger charge is -2.17. The Morgan fingerprint density at radius 3 is 2.68 bits per heavy atom. The normalized spacial score (nSPS) is 17.5.